The van der Waals surface area contributed by atoms with E-state index in [1.807, 2.05) is 6.20 Å². The third-order valence-electron chi connectivity index (χ3n) is 13.6. The van der Waals surface area contributed by atoms with Gasteiger partial charge in [-0.15, -0.1) is 0 Å². The summed E-state index contributed by atoms with van der Waals surface area (Å²) in [6.07, 6.45) is 12.3. The summed E-state index contributed by atoms with van der Waals surface area (Å²) in [5.41, 5.74) is 15.7. The summed E-state index contributed by atoms with van der Waals surface area (Å²) < 4.78 is 2.39. The molecule has 0 amide bonds. The summed E-state index contributed by atoms with van der Waals surface area (Å²) in [7, 11) is 0. The van der Waals surface area contributed by atoms with Gasteiger partial charge in [-0.2, -0.15) is 0 Å². The van der Waals surface area contributed by atoms with Crippen LogP contribution in [-0.4, -0.2) is 9.55 Å². The molecule has 0 N–H and O–H groups in total. The van der Waals surface area contributed by atoms with Gasteiger partial charge >= 0.3 is 0 Å². The van der Waals surface area contributed by atoms with E-state index in [-0.39, 0.29) is 11.3 Å². The van der Waals surface area contributed by atoms with Crippen LogP contribution in [-0.2, 0) is 5.41 Å². The van der Waals surface area contributed by atoms with Gasteiger partial charge in [-0.1, -0.05) is 183 Å². The first kappa shape index (κ1) is 35.4. The number of nitrogens with zero attached hydrogens (tertiary/aromatic N) is 2. The lowest BCUT2D eigenvalue weighted by atomic mass is 9.55. The molecule has 2 nitrogen and oxygen atoms in total. The Morgan fingerprint density at radius 1 is 0.525 bits per heavy atom. The molecule has 10 aromatic rings. The van der Waals surface area contributed by atoms with E-state index in [4.69, 9.17) is 4.98 Å². The molecule has 2 atom stereocenters. The van der Waals surface area contributed by atoms with Gasteiger partial charge in [-0.05, 0) is 109 Å². The van der Waals surface area contributed by atoms with Gasteiger partial charge in [-0.3, -0.25) is 4.98 Å². The van der Waals surface area contributed by atoms with Crippen LogP contribution in [0.5, 0.6) is 0 Å². The monoisotopic (exact) mass is 778 g/mol. The van der Waals surface area contributed by atoms with E-state index in [0.29, 0.717) is 0 Å². The van der Waals surface area contributed by atoms with E-state index >= 15 is 0 Å². The Morgan fingerprint density at radius 2 is 1.21 bits per heavy atom. The normalized spacial score (nSPS) is 17.0. The second-order valence-corrected chi connectivity index (χ2v) is 16.5. The Morgan fingerprint density at radius 3 is 2.03 bits per heavy atom. The molecule has 0 saturated carbocycles. The van der Waals surface area contributed by atoms with Gasteiger partial charge in [0, 0.05) is 39.6 Å². The fraction of sp³-hybridized carbons (Fsp3) is 0.0678. The molecule has 0 fully saturated rings. The van der Waals surface area contributed by atoms with Crippen molar-refractivity contribution in [3.8, 4) is 28.1 Å². The fourth-order valence-corrected chi connectivity index (χ4v) is 10.9. The predicted molar refractivity (Wildman–Crippen MR) is 256 cm³/mol. The Kier molecular flexibility index (Phi) is 8.15. The van der Waals surface area contributed by atoms with Crippen LogP contribution in [0.1, 0.15) is 35.6 Å². The zero-order valence-corrected chi connectivity index (χ0v) is 34.0. The largest absolute Gasteiger partial charge is 0.309 e. The molecule has 0 saturated heterocycles. The van der Waals surface area contributed by atoms with Crippen molar-refractivity contribution in [3.63, 3.8) is 0 Å². The Hall–Kier alpha value is -7.55. The van der Waals surface area contributed by atoms with Gasteiger partial charge < -0.3 is 4.57 Å². The van der Waals surface area contributed by atoms with Crippen LogP contribution in [0.4, 0.5) is 0 Å². The minimum atomic E-state index is -0.339. The van der Waals surface area contributed by atoms with Gasteiger partial charge in [-0.25, -0.2) is 0 Å². The van der Waals surface area contributed by atoms with Crippen LogP contribution in [0.15, 0.2) is 224 Å². The molecule has 0 bridgehead atoms. The Balaban J connectivity index is 1.16. The second kappa shape index (κ2) is 14.0. The maximum atomic E-state index is 5.05. The first-order valence-electron chi connectivity index (χ1n) is 21.5. The van der Waals surface area contributed by atoms with Crippen molar-refractivity contribution in [3.05, 3.63) is 246 Å². The van der Waals surface area contributed by atoms with E-state index in [1.165, 1.54) is 71.5 Å². The molecule has 0 radical (unpaired) electrons. The summed E-state index contributed by atoms with van der Waals surface area (Å²) in [5.74, 6) is 0.121. The van der Waals surface area contributed by atoms with Crippen LogP contribution in [0, 0.1) is 5.92 Å². The molecule has 61 heavy (non-hydrogen) atoms. The molecule has 2 aliphatic carbocycles. The lowest BCUT2D eigenvalue weighted by molar-refractivity contribution is 0.409. The number of para-hydroxylation sites is 1. The zero-order chi connectivity index (χ0) is 40.5. The number of hydrogen-bond donors (Lipinski definition) is 0. The lowest BCUT2D eigenvalue weighted by Gasteiger charge is -2.47. The Labute approximate surface area is 356 Å². The van der Waals surface area contributed by atoms with Crippen molar-refractivity contribution in [2.45, 2.75) is 18.8 Å². The summed E-state index contributed by atoms with van der Waals surface area (Å²) in [4.78, 5) is 5.05. The van der Waals surface area contributed by atoms with Gasteiger partial charge in [0.05, 0.1) is 16.7 Å². The maximum absolute atomic E-state index is 5.05. The van der Waals surface area contributed by atoms with Crippen LogP contribution in [0.25, 0.3) is 77.0 Å². The fourth-order valence-electron chi connectivity index (χ4n) is 10.9. The maximum Gasteiger partial charge on any atom is 0.0802 e. The first-order chi connectivity index (χ1) is 30.2. The molecule has 12 rings (SSSR count). The van der Waals surface area contributed by atoms with Crippen molar-refractivity contribution in [1.82, 2.24) is 9.55 Å². The van der Waals surface area contributed by atoms with E-state index in [0.717, 1.165) is 39.8 Å². The van der Waals surface area contributed by atoms with Gasteiger partial charge in [0.25, 0.3) is 0 Å². The number of aromatic nitrogens is 2. The molecular formula is C59H42N2. The van der Waals surface area contributed by atoms with E-state index in [2.05, 4.69) is 224 Å². The number of pyridine rings is 1. The van der Waals surface area contributed by atoms with Crippen molar-refractivity contribution in [1.29, 1.82) is 0 Å². The summed E-state index contributed by atoms with van der Waals surface area (Å²) in [6.45, 7) is 2.40. The molecule has 2 aliphatic rings. The Bertz CT molecular complexity index is 3450. The highest BCUT2D eigenvalue weighted by Gasteiger charge is 2.48. The van der Waals surface area contributed by atoms with Crippen molar-refractivity contribution in [2.75, 3.05) is 0 Å². The first-order valence-corrected chi connectivity index (χ1v) is 21.5. The lowest BCUT2D eigenvalue weighted by Crippen LogP contribution is -2.40. The highest BCUT2D eigenvalue weighted by molar-refractivity contribution is 6.16. The minimum Gasteiger partial charge on any atom is -0.309 e. The smallest absolute Gasteiger partial charge is 0.0802 e. The molecule has 0 spiro atoms. The summed E-state index contributed by atoms with van der Waals surface area (Å²) in [5, 5.41) is 7.48. The molecule has 2 heterocycles. The molecule has 8 aromatic carbocycles. The van der Waals surface area contributed by atoms with E-state index in [1.54, 1.807) is 0 Å². The molecule has 288 valence electrons. The standard InChI is InChI=1S/C59H42N2/c1-2-59(51-30-16-22-40-18-10-12-26-46(40)51)52-29-14-13-27-48(52)56(47-28-15-21-39-17-9-11-25-45(39)47)49-33-31-43(38-53(49)59)42-32-34-54-50(37-42)57-55(61(54)44-23-7-4-8-24-44)35-36-60-58(57)41-19-5-3-6-20-41/h3-38,52H,2H2,1H3. The van der Waals surface area contributed by atoms with Crippen molar-refractivity contribution < 1.29 is 0 Å². The average molecular weight is 779 g/mol. The number of benzene rings is 8. The number of allylic oxidation sites excluding steroid dienone is 5. The molecule has 2 unspecified atom stereocenters. The third-order valence-corrected chi connectivity index (χ3v) is 13.6. The third kappa shape index (κ3) is 5.32. The van der Waals surface area contributed by atoms with Crippen molar-refractivity contribution >= 4 is 48.9 Å². The van der Waals surface area contributed by atoms with Gasteiger partial charge in [0.1, 0.15) is 0 Å². The van der Waals surface area contributed by atoms with Crippen LogP contribution >= 0.6 is 0 Å². The average Bonchev–Trinajstić information content (AvgIpc) is 3.67. The number of rotatable bonds is 6. The van der Waals surface area contributed by atoms with Crippen LogP contribution < -0.4 is 0 Å². The predicted octanol–water partition coefficient (Wildman–Crippen LogP) is 15.1. The minimum absolute atomic E-state index is 0.121. The number of hydrogen-bond acceptors (Lipinski definition) is 1. The van der Waals surface area contributed by atoms with E-state index in [9.17, 15) is 0 Å². The van der Waals surface area contributed by atoms with E-state index < -0.39 is 0 Å². The second-order valence-electron chi connectivity index (χ2n) is 16.5. The highest BCUT2D eigenvalue weighted by atomic mass is 15.0. The van der Waals surface area contributed by atoms with Crippen LogP contribution in [0.3, 0.4) is 0 Å². The molecule has 0 aliphatic heterocycles. The summed E-state index contributed by atoms with van der Waals surface area (Å²) >= 11 is 0. The molecule has 2 aromatic heterocycles. The highest BCUT2D eigenvalue weighted by Crippen LogP contribution is 2.57. The zero-order valence-electron chi connectivity index (χ0n) is 34.0. The van der Waals surface area contributed by atoms with Gasteiger partial charge in [0.15, 0.2) is 0 Å². The van der Waals surface area contributed by atoms with Gasteiger partial charge in [0.2, 0.25) is 0 Å². The SMILES string of the molecule is CCC1(c2cccc3ccccc23)c2cc(-c3ccc4c(c3)c3c(-c5ccccc5)nccc3n4-c3ccccc3)ccc2C(c2cccc3ccccc23)=C2C=CC=CC21. The quantitative estimate of drug-likeness (QED) is 0.164. The topological polar surface area (TPSA) is 17.8 Å². The molecule has 2 heteroatoms. The number of fused-ring (bicyclic) bond motifs is 7. The summed E-state index contributed by atoms with van der Waals surface area (Å²) in [6, 6.07) is 69.4. The van der Waals surface area contributed by atoms with Crippen LogP contribution in [0.2, 0.25) is 0 Å². The van der Waals surface area contributed by atoms with Crippen molar-refractivity contribution in [2.24, 2.45) is 5.92 Å². The molecular weight excluding hydrogens is 737 g/mol.